The van der Waals surface area contributed by atoms with Crippen molar-refractivity contribution >= 4 is 22.7 Å². The van der Waals surface area contributed by atoms with Crippen molar-refractivity contribution in [1.29, 1.82) is 0 Å². The van der Waals surface area contributed by atoms with Gasteiger partial charge in [-0.05, 0) is 54.8 Å². The fraction of sp³-hybridized carbons (Fsp3) is 0.211. The third-order valence-electron chi connectivity index (χ3n) is 4.29. The Kier molecular flexibility index (Phi) is 4.38. The summed E-state index contributed by atoms with van der Waals surface area (Å²) >= 11 is 1.53. The zero-order chi connectivity index (χ0) is 18.1. The first-order valence-electron chi connectivity index (χ1n) is 8.17. The molecule has 0 unspecified atom stereocenters. The molecule has 3 heterocycles. The van der Waals surface area contributed by atoms with Crippen LogP contribution < -0.4 is 5.63 Å². The molecule has 0 saturated carbocycles. The van der Waals surface area contributed by atoms with E-state index in [1.807, 2.05) is 29.7 Å². The predicted octanol–water partition coefficient (Wildman–Crippen LogP) is 3.93. The summed E-state index contributed by atoms with van der Waals surface area (Å²) in [6.45, 7) is 4.63. The van der Waals surface area contributed by atoms with Crippen LogP contribution in [-0.4, -0.2) is 14.8 Å². The second-order valence-electron chi connectivity index (χ2n) is 6.13. The first kappa shape index (κ1) is 16.7. The smallest absolute Gasteiger partial charge is 0.336 e. The molecule has 26 heavy (non-hydrogen) atoms. The lowest BCUT2D eigenvalue weighted by Gasteiger charge is -2.08. The molecule has 0 aliphatic carbocycles. The second-order valence-corrected chi connectivity index (χ2v) is 7.08. The normalized spacial score (nSPS) is 11.3. The number of benzene rings is 1. The van der Waals surface area contributed by atoms with E-state index in [0.29, 0.717) is 17.9 Å². The highest BCUT2D eigenvalue weighted by Crippen LogP contribution is 2.27. The third kappa shape index (κ3) is 3.30. The summed E-state index contributed by atoms with van der Waals surface area (Å²) in [5, 5.41) is 9.90. The Morgan fingerprint density at radius 2 is 2.04 bits per heavy atom. The van der Waals surface area contributed by atoms with Crippen molar-refractivity contribution in [2.24, 2.45) is 0 Å². The minimum Gasteiger partial charge on any atom is -0.467 e. The van der Waals surface area contributed by atoms with Crippen molar-refractivity contribution in [1.82, 2.24) is 14.8 Å². The SMILES string of the molecule is Cc1cc2oc(=O)cc(CSc3nncn3Cc3ccco3)c2cc1C. The van der Waals surface area contributed by atoms with Crippen LogP contribution in [0, 0.1) is 13.8 Å². The number of aromatic nitrogens is 3. The van der Waals surface area contributed by atoms with E-state index < -0.39 is 0 Å². The molecule has 3 aromatic heterocycles. The maximum atomic E-state index is 11.9. The van der Waals surface area contributed by atoms with Crippen LogP contribution in [0.25, 0.3) is 11.0 Å². The number of furan rings is 1. The summed E-state index contributed by atoms with van der Waals surface area (Å²) in [5.41, 5.74) is 3.47. The molecule has 0 spiro atoms. The van der Waals surface area contributed by atoms with Crippen molar-refractivity contribution in [2.75, 3.05) is 0 Å². The predicted molar refractivity (Wildman–Crippen MR) is 99.4 cm³/mol. The quantitative estimate of drug-likeness (QED) is 0.393. The lowest BCUT2D eigenvalue weighted by atomic mass is 10.0. The Labute approximate surface area is 153 Å². The second kappa shape index (κ2) is 6.84. The molecule has 4 rings (SSSR count). The maximum Gasteiger partial charge on any atom is 0.336 e. The highest BCUT2D eigenvalue weighted by Gasteiger charge is 2.11. The summed E-state index contributed by atoms with van der Waals surface area (Å²) in [6.07, 6.45) is 3.32. The van der Waals surface area contributed by atoms with Gasteiger partial charge in [0, 0.05) is 17.2 Å². The van der Waals surface area contributed by atoms with Gasteiger partial charge in [0.15, 0.2) is 5.16 Å². The average molecular weight is 367 g/mol. The van der Waals surface area contributed by atoms with Gasteiger partial charge >= 0.3 is 5.63 Å². The highest BCUT2D eigenvalue weighted by atomic mass is 32.2. The molecule has 6 nitrogen and oxygen atoms in total. The van der Waals surface area contributed by atoms with Gasteiger partial charge in [-0.25, -0.2) is 4.79 Å². The molecule has 0 saturated heterocycles. The minimum absolute atomic E-state index is 0.339. The van der Waals surface area contributed by atoms with Crippen LogP contribution >= 0.6 is 11.8 Å². The van der Waals surface area contributed by atoms with Crippen molar-refractivity contribution < 1.29 is 8.83 Å². The number of thioether (sulfide) groups is 1. The monoisotopic (exact) mass is 367 g/mol. The Morgan fingerprint density at radius 3 is 2.85 bits per heavy atom. The van der Waals surface area contributed by atoms with Crippen molar-refractivity contribution in [2.45, 2.75) is 31.3 Å². The van der Waals surface area contributed by atoms with Crippen LogP contribution in [-0.2, 0) is 12.3 Å². The molecule has 1 aromatic carbocycles. The van der Waals surface area contributed by atoms with Crippen LogP contribution in [0.5, 0.6) is 0 Å². The molecule has 0 fully saturated rings. The molecular weight excluding hydrogens is 350 g/mol. The van der Waals surface area contributed by atoms with Gasteiger partial charge in [-0.15, -0.1) is 10.2 Å². The number of hydrogen-bond donors (Lipinski definition) is 0. The molecule has 7 heteroatoms. The number of fused-ring (bicyclic) bond motifs is 1. The molecule has 4 aromatic rings. The number of aryl methyl sites for hydroxylation is 2. The topological polar surface area (TPSA) is 74.1 Å². The molecule has 0 amide bonds. The van der Waals surface area contributed by atoms with E-state index in [4.69, 9.17) is 8.83 Å². The average Bonchev–Trinajstić information content (AvgIpc) is 3.27. The highest BCUT2D eigenvalue weighted by molar-refractivity contribution is 7.98. The molecule has 0 bridgehead atoms. The summed E-state index contributed by atoms with van der Waals surface area (Å²) in [5.74, 6) is 1.44. The van der Waals surface area contributed by atoms with Crippen molar-refractivity contribution in [3.05, 3.63) is 75.8 Å². The van der Waals surface area contributed by atoms with Gasteiger partial charge in [0.25, 0.3) is 0 Å². The Morgan fingerprint density at radius 1 is 1.19 bits per heavy atom. The van der Waals surface area contributed by atoms with Gasteiger partial charge in [-0.2, -0.15) is 0 Å². The Balaban J connectivity index is 1.62. The van der Waals surface area contributed by atoms with E-state index in [0.717, 1.165) is 27.4 Å². The van der Waals surface area contributed by atoms with Gasteiger partial charge in [0.05, 0.1) is 12.8 Å². The van der Waals surface area contributed by atoms with Gasteiger partial charge in [0.2, 0.25) is 0 Å². The van der Waals surface area contributed by atoms with Gasteiger partial charge in [-0.3, -0.25) is 0 Å². The van der Waals surface area contributed by atoms with E-state index in [2.05, 4.69) is 23.2 Å². The lowest BCUT2D eigenvalue weighted by molar-refractivity contribution is 0.484. The lowest BCUT2D eigenvalue weighted by Crippen LogP contribution is -2.02. The van der Waals surface area contributed by atoms with E-state index in [-0.39, 0.29) is 5.63 Å². The standard InChI is InChI=1S/C19H17N3O3S/c1-12-6-16-14(8-18(23)25-17(16)7-13(12)2)10-26-19-21-20-11-22(19)9-15-4-3-5-24-15/h3-8,11H,9-10H2,1-2H3. The molecule has 132 valence electrons. The molecule has 0 aliphatic heterocycles. The van der Waals surface area contributed by atoms with E-state index >= 15 is 0 Å². The Bertz CT molecular complexity index is 1110. The van der Waals surface area contributed by atoms with Crippen LogP contribution in [0.4, 0.5) is 0 Å². The molecule has 0 N–H and O–H groups in total. The fourth-order valence-electron chi connectivity index (χ4n) is 2.78. The van der Waals surface area contributed by atoms with Crippen molar-refractivity contribution in [3.63, 3.8) is 0 Å². The molecule has 0 aliphatic rings. The van der Waals surface area contributed by atoms with Gasteiger partial charge in [0.1, 0.15) is 17.7 Å². The maximum absolute atomic E-state index is 11.9. The Hall–Kier alpha value is -2.80. The third-order valence-corrected chi connectivity index (χ3v) is 5.32. The minimum atomic E-state index is -0.339. The first-order chi connectivity index (χ1) is 12.6. The zero-order valence-electron chi connectivity index (χ0n) is 14.4. The van der Waals surface area contributed by atoms with Crippen LogP contribution in [0.15, 0.2) is 61.7 Å². The molecule has 0 atom stereocenters. The number of hydrogen-bond acceptors (Lipinski definition) is 6. The van der Waals surface area contributed by atoms with Gasteiger partial charge in [-0.1, -0.05) is 11.8 Å². The summed E-state index contributed by atoms with van der Waals surface area (Å²) in [4.78, 5) is 11.9. The van der Waals surface area contributed by atoms with E-state index in [1.54, 1.807) is 18.7 Å². The molecular formula is C19H17N3O3S. The first-order valence-corrected chi connectivity index (χ1v) is 9.15. The van der Waals surface area contributed by atoms with E-state index in [1.165, 1.54) is 17.3 Å². The summed E-state index contributed by atoms with van der Waals surface area (Å²) in [6, 6.07) is 9.30. The van der Waals surface area contributed by atoms with Crippen LogP contribution in [0.1, 0.15) is 22.5 Å². The number of nitrogens with zero attached hydrogens (tertiary/aromatic N) is 3. The van der Waals surface area contributed by atoms with Crippen LogP contribution in [0.2, 0.25) is 0 Å². The largest absolute Gasteiger partial charge is 0.467 e. The summed E-state index contributed by atoms with van der Waals surface area (Å²) < 4.78 is 12.7. The van der Waals surface area contributed by atoms with E-state index in [9.17, 15) is 4.79 Å². The van der Waals surface area contributed by atoms with Crippen molar-refractivity contribution in [3.8, 4) is 0 Å². The van der Waals surface area contributed by atoms with Crippen LogP contribution in [0.3, 0.4) is 0 Å². The summed E-state index contributed by atoms with van der Waals surface area (Å²) in [7, 11) is 0. The zero-order valence-corrected chi connectivity index (χ0v) is 15.2. The number of rotatable bonds is 5. The van der Waals surface area contributed by atoms with Gasteiger partial charge < -0.3 is 13.4 Å². The fourth-order valence-corrected chi connectivity index (χ4v) is 3.69. The molecule has 0 radical (unpaired) electrons.